The second-order valence-electron chi connectivity index (χ2n) is 5.67. The van der Waals surface area contributed by atoms with Crippen LogP contribution in [0.2, 0.25) is 0 Å². The van der Waals surface area contributed by atoms with Gasteiger partial charge in [0.05, 0.1) is 13.2 Å². The summed E-state index contributed by atoms with van der Waals surface area (Å²) < 4.78 is 5.94. The number of rotatable bonds is 11. The zero-order chi connectivity index (χ0) is 19.2. The average Bonchev–Trinajstić information content (AvgIpc) is 2.71. The molecule has 0 amide bonds. The summed E-state index contributed by atoms with van der Waals surface area (Å²) in [5.74, 6) is 0.744. The molecule has 4 heteroatoms. The fourth-order valence-corrected chi connectivity index (χ4v) is 2.36. The SMILES string of the molecule is C=C/C=N\NCc1ccc(/C=C/C=O)c(OCC/C=C/c2ccccc2)c1. The second-order valence-corrected chi connectivity index (χ2v) is 5.67. The minimum absolute atomic E-state index is 0.552. The topological polar surface area (TPSA) is 50.7 Å². The van der Waals surface area contributed by atoms with Crippen molar-refractivity contribution in [2.24, 2.45) is 5.10 Å². The van der Waals surface area contributed by atoms with Gasteiger partial charge in [0, 0.05) is 11.8 Å². The number of aldehydes is 1. The Labute approximate surface area is 160 Å². The molecule has 0 unspecified atom stereocenters. The molecule has 0 heterocycles. The molecule has 0 saturated carbocycles. The van der Waals surface area contributed by atoms with Crippen LogP contribution >= 0.6 is 0 Å². The Morgan fingerprint density at radius 3 is 2.74 bits per heavy atom. The highest BCUT2D eigenvalue weighted by atomic mass is 16.5. The molecule has 0 fully saturated rings. The largest absolute Gasteiger partial charge is 0.493 e. The molecule has 0 bridgehead atoms. The van der Waals surface area contributed by atoms with Gasteiger partial charge in [-0.1, -0.05) is 61.2 Å². The first-order valence-electron chi connectivity index (χ1n) is 8.79. The summed E-state index contributed by atoms with van der Waals surface area (Å²) in [7, 11) is 0. The first-order chi connectivity index (χ1) is 13.3. The quantitative estimate of drug-likeness (QED) is 0.209. The van der Waals surface area contributed by atoms with Gasteiger partial charge < -0.3 is 10.2 Å². The maximum absolute atomic E-state index is 10.6. The van der Waals surface area contributed by atoms with Crippen LogP contribution in [0.3, 0.4) is 0 Å². The third-order valence-electron chi connectivity index (χ3n) is 3.64. The average molecular weight is 360 g/mol. The fraction of sp³-hybridized carbons (Fsp3) is 0.130. The minimum Gasteiger partial charge on any atom is -0.493 e. The smallest absolute Gasteiger partial charge is 0.142 e. The molecule has 4 nitrogen and oxygen atoms in total. The summed E-state index contributed by atoms with van der Waals surface area (Å²) in [6, 6.07) is 16.0. The normalized spacial score (nSPS) is 11.3. The van der Waals surface area contributed by atoms with Crippen molar-refractivity contribution in [1.82, 2.24) is 5.43 Å². The van der Waals surface area contributed by atoms with E-state index in [1.54, 1.807) is 18.4 Å². The number of hydrazone groups is 1. The standard InChI is InChI=1S/C23H24N2O2/c1-2-15-24-25-19-21-13-14-22(12-8-16-26)23(18-21)27-17-7-6-11-20-9-4-3-5-10-20/h2-6,8-16,18,25H,1,7,17,19H2/b11-6+,12-8+,24-15-. The van der Waals surface area contributed by atoms with Gasteiger partial charge in [-0.2, -0.15) is 5.10 Å². The first-order valence-corrected chi connectivity index (χ1v) is 8.79. The van der Waals surface area contributed by atoms with Crippen molar-refractivity contribution in [3.05, 3.63) is 90.0 Å². The third kappa shape index (κ3) is 7.57. The van der Waals surface area contributed by atoms with Gasteiger partial charge in [0.15, 0.2) is 0 Å². The van der Waals surface area contributed by atoms with Crippen LogP contribution in [-0.2, 0) is 11.3 Å². The number of hydrogen-bond donors (Lipinski definition) is 1. The monoisotopic (exact) mass is 360 g/mol. The molecule has 138 valence electrons. The van der Waals surface area contributed by atoms with Gasteiger partial charge in [-0.15, -0.1) is 0 Å². The number of nitrogens with one attached hydrogen (secondary N) is 1. The predicted molar refractivity (Wildman–Crippen MR) is 113 cm³/mol. The molecular weight excluding hydrogens is 336 g/mol. The Morgan fingerprint density at radius 1 is 1.11 bits per heavy atom. The van der Waals surface area contributed by atoms with Crippen molar-refractivity contribution in [2.45, 2.75) is 13.0 Å². The van der Waals surface area contributed by atoms with E-state index in [4.69, 9.17) is 4.74 Å². The number of ether oxygens (including phenoxy) is 1. The highest BCUT2D eigenvalue weighted by Crippen LogP contribution is 2.22. The van der Waals surface area contributed by atoms with Crippen molar-refractivity contribution < 1.29 is 9.53 Å². The molecule has 0 aromatic heterocycles. The Morgan fingerprint density at radius 2 is 1.96 bits per heavy atom. The lowest BCUT2D eigenvalue weighted by atomic mass is 10.1. The molecular formula is C23H24N2O2. The van der Waals surface area contributed by atoms with E-state index in [1.165, 1.54) is 11.6 Å². The Hall–Kier alpha value is -3.40. The summed E-state index contributed by atoms with van der Waals surface area (Å²) in [5.41, 5.74) is 6.02. The lowest BCUT2D eigenvalue weighted by Gasteiger charge is -2.11. The van der Waals surface area contributed by atoms with Crippen molar-refractivity contribution in [3.63, 3.8) is 0 Å². The van der Waals surface area contributed by atoms with Crippen LogP contribution in [0.5, 0.6) is 5.75 Å². The van der Waals surface area contributed by atoms with Crippen LogP contribution in [0.15, 0.2) is 78.4 Å². The molecule has 0 aliphatic carbocycles. The number of hydrogen-bond acceptors (Lipinski definition) is 4. The summed E-state index contributed by atoms with van der Waals surface area (Å²) in [5, 5.41) is 4.00. The van der Waals surface area contributed by atoms with E-state index in [1.807, 2.05) is 36.4 Å². The molecule has 2 rings (SSSR count). The molecule has 1 N–H and O–H groups in total. The van der Waals surface area contributed by atoms with Gasteiger partial charge in [-0.05, 0) is 41.8 Å². The summed E-state index contributed by atoms with van der Waals surface area (Å²) in [4.78, 5) is 10.6. The molecule has 0 spiro atoms. The lowest BCUT2D eigenvalue weighted by Crippen LogP contribution is -2.06. The van der Waals surface area contributed by atoms with Gasteiger partial charge in [0.25, 0.3) is 0 Å². The van der Waals surface area contributed by atoms with Crippen LogP contribution in [0.1, 0.15) is 23.1 Å². The van der Waals surface area contributed by atoms with Gasteiger partial charge in [0.1, 0.15) is 12.0 Å². The first kappa shape index (κ1) is 19.9. The highest BCUT2D eigenvalue weighted by Gasteiger charge is 2.03. The fourth-order valence-electron chi connectivity index (χ4n) is 2.36. The number of allylic oxidation sites excluding steroid dienone is 2. The van der Waals surface area contributed by atoms with Crippen LogP contribution in [0.4, 0.5) is 0 Å². The lowest BCUT2D eigenvalue weighted by molar-refractivity contribution is -0.104. The van der Waals surface area contributed by atoms with Crippen LogP contribution in [0.25, 0.3) is 12.2 Å². The van der Waals surface area contributed by atoms with E-state index in [2.05, 4.69) is 41.4 Å². The second kappa shape index (κ2) is 12.0. The molecule has 2 aromatic carbocycles. The molecule has 0 atom stereocenters. The molecule has 0 aliphatic heterocycles. The van der Waals surface area contributed by atoms with E-state index < -0.39 is 0 Å². The Kier molecular flexibility index (Phi) is 8.88. The molecule has 0 saturated heterocycles. The van der Waals surface area contributed by atoms with Gasteiger partial charge in [-0.25, -0.2) is 0 Å². The van der Waals surface area contributed by atoms with Gasteiger partial charge >= 0.3 is 0 Å². The maximum Gasteiger partial charge on any atom is 0.142 e. The number of nitrogens with zero attached hydrogens (tertiary/aromatic N) is 1. The maximum atomic E-state index is 10.6. The minimum atomic E-state index is 0.552. The molecule has 0 radical (unpaired) electrons. The third-order valence-corrected chi connectivity index (χ3v) is 3.64. The Bertz CT molecular complexity index is 808. The van der Waals surface area contributed by atoms with Crippen LogP contribution < -0.4 is 10.2 Å². The summed E-state index contributed by atoms with van der Waals surface area (Å²) in [6.45, 7) is 4.70. The van der Waals surface area contributed by atoms with Crippen molar-refractivity contribution >= 4 is 24.7 Å². The Balaban J connectivity index is 1.97. The number of carbonyl (C=O) groups excluding carboxylic acids is 1. The molecule has 27 heavy (non-hydrogen) atoms. The van der Waals surface area contributed by atoms with Gasteiger partial charge in [0.2, 0.25) is 0 Å². The van der Waals surface area contributed by atoms with E-state index in [9.17, 15) is 4.79 Å². The summed E-state index contributed by atoms with van der Waals surface area (Å²) in [6.07, 6.45) is 12.1. The van der Waals surface area contributed by atoms with Gasteiger partial charge in [-0.3, -0.25) is 4.79 Å². The van der Waals surface area contributed by atoms with Crippen molar-refractivity contribution in [1.29, 1.82) is 0 Å². The van der Waals surface area contributed by atoms with E-state index >= 15 is 0 Å². The zero-order valence-corrected chi connectivity index (χ0v) is 15.3. The van der Waals surface area contributed by atoms with Crippen LogP contribution in [0, 0.1) is 0 Å². The summed E-state index contributed by atoms with van der Waals surface area (Å²) >= 11 is 0. The highest BCUT2D eigenvalue weighted by molar-refractivity contribution is 5.75. The van der Waals surface area contributed by atoms with E-state index in [-0.39, 0.29) is 0 Å². The van der Waals surface area contributed by atoms with Crippen LogP contribution in [-0.4, -0.2) is 19.1 Å². The van der Waals surface area contributed by atoms with E-state index in [0.29, 0.717) is 13.2 Å². The number of carbonyl (C=O) groups is 1. The number of benzene rings is 2. The van der Waals surface area contributed by atoms with Crippen molar-refractivity contribution in [3.8, 4) is 5.75 Å². The zero-order valence-electron chi connectivity index (χ0n) is 15.3. The molecule has 2 aromatic rings. The molecule has 0 aliphatic rings. The van der Waals surface area contributed by atoms with E-state index in [0.717, 1.165) is 29.6 Å². The van der Waals surface area contributed by atoms with Crippen molar-refractivity contribution in [2.75, 3.05) is 6.61 Å². The predicted octanol–water partition coefficient (Wildman–Crippen LogP) is 4.64.